The molecule has 2 rings (SSSR count). The van der Waals surface area contributed by atoms with Crippen LogP contribution in [0.4, 0.5) is 0 Å². The Morgan fingerprint density at radius 2 is 2.15 bits per heavy atom. The predicted molar refractivity (Wildman–Crippen MR) is 77.1 cm³/mol. The summed E-state index contributed by atoms with van der Waals surface area (Å²) in [6.07, 6.45) is 2.33. The highest BCUT2D eigenvalue weighted by Crippen LogP contribution is 2.20. The summed E-state index contributed by atoms with van der Waals surface area (Å²) in [4.78, 5) is 13.4. The molecule has 0 saturated carbocycles. The van der Waals surface area contributed by atoms with E-state index in [0.717, 1.165) is 31.4 Å². The summed E-state index contributed by atoms with van der Waals surface area (Å²) < 4.78 is 5.57. The number of benzene rings is 1. The van der Waals surface area contributed by atoms with Gasteiger partial charge >= 0.3 is 0 Å². The first-order chi connectivity index (χ1) is 9.68. The van der Waals surface area contributed by atoms with E-state index in [-0.39, 0.29) is 18.6 Å². The van der Waals surface area contributed by atoms with Gasteiger partial charge in [0.1, 0.15) is 0 Å². The molecule has 4 nitrogen and oxygen atoms in total. The second kappa shape index (κ2) is 7.41. The molecule has 1 aromatic carbocycles. The van der Waals surface area contributed by atoms with Gasteiger partial charge in [-0.3, -0.25) is 4.79 Å². The molecule has 0 aromatic heterocycles. The molecule has 0 unspecified atom stereocenters. The normalized spacial score (nSPS) is 20.7. The van der Waals surface area contributed by atoms with Gasteiger partial charge in [-0.05, 0) is 24.8 Å². The molecule has 4 heteroatoms. The van der Waals surface area contributed by atoms with Crippen LogP contribution in [-0.2, 0) is 16.1 Å². The first-order valence-corrected chi connectivity index (χ1v) is 7.25. The van der Waals surface area contributed by atoms with Crippen LogP contribution in [0.2, 0.25) is 0 Å². The van der Waals surface area contributed by atoms with Crippen molar-refractivity contribution in [2.45, 2.75) is 44.9 Å². The van der Waals surface area contributed by atoms with Gasteiger partial charge in [0.25, 0.3) is 0 Å². The van der Waals surface area contributed by atoms with E-state index in [4.69, 9.17) is 4.74 Å². The van der Waals surface area contributed by atoms with Crippen molar-refractivity contribution in [1.82, 2.24) is 4.90 Å². The Hall–Kier alpha value is -1.39. The van der Waals surface area contributed by atoms with Gasteiger partial charge in [-0.2, -0.15) is 0 Å². The van der Waals surface area contributed by atoms with Crippen molar-refractivity contribution in [3.8, 4) is 0 Å². The molecular formula is C16H23NO3. The molecule has 1 amide bonds. The van der Waals surface area contributed by atoms with Gasteiger partial charge in [-0.25, -0.2) is 0 Å². The van der Waals surface area contributed by atoms with Gasteiger partial charge < -0.3 is 14.7 Å². The van der Waals surface area contributed by atoms with Crippen molar-refractivity contribution in [3.63, 3.8) is 0 Å². The Kier molecular flexibility index (Phi) is 5.56. The molecule has 1 saturated heterocycles. The van der Waals surface area contributed by atoms with Crippen LogP contribution in [0.25, 0.3) is 0 Å². The SMILES string of the molecule is CC(=O)N1CCCC[C@H]1[C@H](O)COCc1ccccc1. The van der Waals surface area contributed by atoms with E-state index in [0.29, 0.717) is 6.61 Å². The van der Waals surface area contributed by atoms with Crippen molar-refractivity contribution in [2.75, 3.05) is 13.2 Å². The molecule has 1 N–H and O–H groups in total. The minimum atomic E-state index is -0.608. The molecule has 2 atom stereocenters. The summed E-state index contributed by atoms with van der Waals surface area (Å²) >= 11 is 0. The third-order valence-electron chi connectivity index (χ3n) is 3.80. The van der Waals surface area contributed by atoms with Gasteiger partial charge in [-0.15, -0.1) is 0 Å². The molecule has 1 aliphatic rings. The van der Waals surface area contributed by atoms with E-state index < -0.39 is 6.10 Å². The molecule has 20 heavy (non-hydrogen) atoms. The molecule has 0 bridgehead atoms. The second-order valence-electron chi connectivity index (χ2n) is 5.34. The van der Waals surface area contributed by atoms with Gasteiger partial charge in [0.15, 0.2) is 0 Å². The zero-order chi connectivity index (χ0) is 14.4. The lowest BCUT2D eigenvalue weighted by Gasteiger charge is -2.37. The van der Waals surface area contributed by atoms with Crippen LogP contribution in [0.5, 0.6) is 0 Å². The topological polar surface area (TPSA) is 49.8 Å². The lowest BCUT2D eigenvalue weighted by molar-refractivity contribution is -0.137. The smallest absolute Gasteiger partial charge is 0.219 e. The number of nitrogens with zero attached hydrogens (tertiary/aromatic N) is 1. The third-order valence-corrected chi connectivity index (χ3v) is 3.80. The second-order valence-corrected chi connectivity index (χ2v) is 5.34. The molecular weight excluding hydrogens is 254 g/mol. The maximum absolute atomic E-state index is 11.6. The van der Waals surface area contributed by atoms with Crippen molar-refractivity contribution >= 4 is 5.91 Å². The summed E-state index contributed by atoms with van der Waals surface area (Å²) in [6.45, 7) is 3.07. The van der Waals surface area contributed by atoms with Crippen LogP contribution >= 0.6 is 0 Å². The zero-order valence-electron chi connectivity index (χ0n) is 12.0. The molecule has 1 fully saturated rings. The molecule has 1 aliphatic heterocycles. The lowest BCUT2D eigenvalue weighted by atomic mass is 9.97. The summed E-state index contributed by atoms with van der Waals surface area (Å²) in [7, 11) is 0. The Balaban J connectivity index is 1.81. The minimum absolute atomic E-state index is 0.0387. The standard InChI is InChI=1S/C16H23NO3/c1-13(18)17-10-6-5-9-15(17)16(19)12-20-11-14-7-3-2-4-8-14/h2-4,7-8,15-16,19H,5-6,9-12H2,1H3/t15-,16+/m0/s1. The average Bonchev–Trinajstić information content (AvgIpc) is 2.48. The number of carbonyl (C=O) groups excluding carboxylic acids is 1. The van der Waals surface area contributed by atoms with Gasteiger partial charge in [0.2, 0.25) is 5.91 Å². The fraction of sp³-hybridized carbons (Fsp3) is 0.562. The number of aliphatic hydroxyl groups excluding tert-OH is 1. The number of carbonyl (C=O) groups is 1. The number of aliphatic hydroxyl groups is 1. The predicted octanol–water partition coefficient (Wildman–Crippen LogP) is 1.97. The maximum atomic E-state index is 11.6. The Bertz CT molecular complexity index is 421. The number of rotatable bonds is 5. The molecule has 0 radical (unpaired) electrons. The first kappa shape index (κ1) is 15.0. The Morgan fingerprint density at radius 3 is 2.85 bits per heavy atom. The fourth-order valence-electron chi connectivity index (χ4n) is 2.73. The molecule has 1 heterocycles. The van der Waals surface area contributed by atoms with Crippen LogP contribution < -0.4 is 0 Å². The fourth-order valence-corrected chi connectivity index (χ4v) is 2.73. The largest absolute Gasteiger partial charge is 0.389 e. The highest BCUT2D eigenvalue weighted by atomic mass is 16.5. The molecule has 110 valence electrons. The Morgan fingerprint density at radius 1 is 1.40 bits per heavy atom. The Labute approximate surface area is 120 Å². The van der Waals surface area contributed by atoms with E-state index in [2.05, 4.69) is 0 Å². The van der Waals surface area contributed by atoms with E-state index >= 15 is 0 Å². The van der Waals surface area contributed by atoms with Crippen LogP contribution in [0.15, 0.2) is 30.3 Å². The van der Waals surface area contributed by atoms with E-state index in [9.17, 15) is 9.90 Å². The number of ether oxygens (including phenoxy) is 1. The van der Waals surface area contributed by atoms with Gasteiger partial charge in [0, 0.05) is 13.5 Å². The van der Waals surface area contributed by atoms with E-state index in [1.807, 2.05) is 30.3 Å². The van der Waals surface area contributed by atoms with Crippen LogP contribution in [-0.4, -0.2) is 41.2 Å². The van der Waals surface area contributed by atoms with Crippen molar-refractivity contribution in [2.24, 2.45) is 0 Å². The average molecular weight is 277 g/mol. The van der Waals surface area contributed by atoms with Crippen LogP contribution in [0.3, 0.4) is 0 Å². The summed E-state index contributed by atoms with van der Waals surface area (Å²) in [6, 6.07) is 9.79. The minimum Gasteiger partial charge on any atom is -0.389 e. The number of hydrogen-bond acceptors (Lipinski definition) is 3. The number of likely N-dealkylation sites (tertiary alicyclic amines) is 1. The molecule has 0 spiro atoms. The summed E-state index contributed by atoms with van der Waals surface area (Å²) in [5, 5.41) is 10.3. The van der Waals surface area contributed by atoms with E-state index in [1.54, 1.807) is 11.8 Å². The summed E-state index contributed by atoms with van der Waals surface area (Å²) in [5.74, 6) is 0.0387. The first-order valence-electron chi connectivity index (χ1n) is 7.25. The monoisotopic (exact) mass is 277 g/mol. The third kappa shape index (κ3) is 4.05. The molecule has 0 aliphatic carbocycles. The number of hydrogen-bond donors (Lipinski definition) is 1. The highest BCUT2D eigenvalue weighted by molar-refractivity contribution is 5.73. The van der Waals surface area contributed by atoms with Crippen molar-refractivity contribution < 1.29 is 14.6 Å². The zero-order valence-corrected chi connectivity index (χ0v) is 12.0. The maximum Gasteiger partial charge on any atom is 0.219 e. The lowest BCUT2D eigenvalue weighted by Crippen LogP contribution is -2.50. The quantitative estimate of drug-likeness (QED) is 0.895. The molecule has 1 aromatic rings. The van der Waals surface area contributed by atoms with Crippen LogP contribution in [0, 0.1) is 0 Å². The van der Waals surface area contributed by atoms with Gasteiger partial charge in [0.05, 0.1) is 25.4 Å². The van der Waals surface area contributed by atoms with Gasteiger partial charge in [-0.1, -0.05) is 30.3 Å². The summed E-state index contributed by atoms with van der Waals surface area (Å²) in [5.41, 5.74) is 1.09. The highest BCUT2D eigenvalue weighted by Gasteiger charge is 2.30. The van der Waals surface area contributed by atoms with Crippen molar-refractivity contribution in [1.29, 1.82) is 0 Å². The van der Waals surface area contributed by atoms with Crippen LogP contribution in [0.1, 0.15) is 31.7 Å². The van der Waals surface area contributed by atoms with E-state index in [1.165, 1.54) is 0 Å². The number of piperidine rings is 1. The number of amides is 1. The van der Waals surface area contributed by atoms with Crippen molar-refractivity contribution in [3.05, 3.63) is 35.9 Å².